The molecule has 9 heteroatoms. The van der Waals surface area contributed by atoms with E-state index in [9.17, 15) is 8.42 Å². The average Bonchev–Trinajstić information content (AvgIpc) is 2.96. The smallest absolute Gasteiger partial charge is 0.272 e. The number of hydrogen-bond acceptors (Lipinski definition) is 7. The lowest BCUT2D eigenvalue weighted by molar-refractivity contribution is 0.0946. The summed E-state index contributed by atoms with van der Waals surface area (Å²) < 4.78 is 31.3. The number of sulfonamides is 1. The Morgan fingerprint density at radius 1 is 1.56 bits per heavy atom. The van der Waals surface area contributed by atoms with Crippen molar-refractivity contribution < 1.29 is 13.2 Å². The molecule has 0 bridgehead atoms. The summed E-state index contributed by atoms with van der Waals surface area (Å²) in [5.74, 6) is 0. The van der Waals surface area contributed by atoms with E-state index in [1.54, 1.807) is 6.92 Å². The lowest BCUT2D eigenvalue weighted by Crippen LogP contribution is -2.37. The zero-order valence-corrected chi connectivity index (χ0v) is 11.7. The summed E-state index contributed by atoms with van der Waals surface area (Å²) in [6.07, 6.45) is 1.85. The van der Waals surface area contributed by atoms with Crippen LogP contribution in [0.1, 0.15) is 19.8 Å². The van der Waals surface area contributed by atoms with Gasteiger partial charge in [-0.05, 0) is 12.8 Å². The topological polar surface area (TPSA) is 98.4 Å². The number of nitrogens with two attached hydrogens (primary N) is 1. The van der Waals surface area contributed by atoms with E-state index >= 15 is 0 Å². The zero-order chi connectivity index (χ0) is 13.2. The van der Waals surface area contributed by atoms with Crippen LogP contribution in [0.5, 0.6) is 0 Å². The molecule has 1 aliphatic rings. The van der Waals surface area contributed by atoms with E-state index < -0.39 is 10.0 Å². The predicted molar refractivity (Wildman–Crippen MR) is 67.7 cm³/mol. The van der Waals surface area contributed by atoms with Crippen molar-refractivity contribution in [1.29, 1.82) is 0 Å². The Labute approximate surface area is 110 Å². The SMILES string of the molecule is CCN(CC1CCCO1)S(=O)(=O)c1nnc(N)s1. The van der Waals surface area contributed by atoms with Gasteiger partial charge in [0.15, 0.2) is 0 Å². The molecule has 102 valence electrons. The highest BCUT2D eigenvalue weighted by Crippen LogP contribution is 2.23. The minimum atomic E-state index is -3.60. The van der Waals surface area contributed by atoms with E-state index in [0.717, 1.165) is 24.2 Å². The van der Waals surface area contributed by atoms with E-state index in [1.165, 1.54) is 4.31 Å². The summed E-state index contributed by atoms with van der Waals surface area (Å²) >= 11 is 0.881. The monoisotopic (exact) mass is 292 g/mol. The van der Waals surface area contributed by atoms with Crippen LogP contribution >= 0.6 is 11.3 Å². The van der Waals surface area contributed by atoms with Crippen molar-refractivity contribution in [2.75, 3.05) is 25.4 Å². The summed E-state index contributed by atoms with van der Waals surface area (Å²) in [7, 11) is -3.60. The van der Waals surface area contributed by atoms with Gasteiger partial charge in [-0.2, -0.15) is 4.31 Å². The number of anilines is 1. The van der Waals surface area contributed by atoms with Crippen LogP contribution in [0.4, 0.5) is 5.13 Å². The fourth-order valence-electron chi connectivity index (χ4n) is 1.85. The Hall–Kier alpha value is -0.770. The molecule has 2 heterocycles. The van der Waals surface area contributed by atoms with Crippen molar-refractivity contribution >= 4 is 26.5 Å². The first kappa shape index (κ1) is 13.7. The van der Waals surface area contributed by atoms with Gasteiger partial charge in [-0.1, -0.05) is 18.3 Å². The number of rotatable bonds is 5. The molecule has 1 aliphatic heterocycles. The van der Waals surface area contributed by atoms with E-state index in [2.05, 4.69) is 10.2 Å². The minimum Gasteiger partial charge on any atom is -0.377 e. The van der Waals surface area contributed by atoms with Crippen LogP contribution in [0.3, 0.4) is 0 Å². The van der Waals surface area contributed by atoms with Crippen LogP contribution in [-0.2, 0) is 14.8 Å². The van der Waals surface area contributed by atoms with Gasteiger partial charge in [0.1, 0.15) is 0 Å². The first-order valence-electron chi connectivity index (χ1n) is 5.74. The summed E-state index contributed by atoms with van der Waals surface area (Å²) in [6, 6.07) is 0. The molecule has 0 saturated carbocycles. The number of ether oxygens (including phenoxy) is 1. The Bertz CT molecular complexity index is 496. The largest absolute Gasteiger partial charge is 0.377 e. The fraction of sp³-hybridized carbons (Fsp3) is 0.778. The van der Waals surface area contributed by atoms with Gasteiger partial charge in [0.25, 0.3) is 10.0 Å². The summed E-state index contributed by atoms with van der Waals surface area (Å²) in [5, 5.41) is 7.30. The second-order valence-corrected chi connectivity index (χ2v) is 7.12. The zero-order valence-electron chi connectivity index (χ0n) is 10.1. The third-order valence-electron chi connectivity index (χ3n) is 2.77. The quantitative estimate of drug-likeness (QED) is 0.838. The van der Waals surface area contributed by atoms with Crippen molar-refractivity contribution in [1.82, 2.24) is 14.5 Å². The molecule has 18 heavy (non-hydrogen) atoms. The Morgan fingerprint density at radius 3 is 2.83 bits per heavy atom. The van der Waals surface area contributed by atoms with Gasteiger partial charge in [-0.3, -0.25) is 0 Å². The van der Waals surface area contributed by atoms with Crippen molar-refractivity contribution in [3.63, 3.8) is 0 Å². The van der Waals surface area contributed by atoms with Crippen LogP contribution in [0.2, 0.25) is 0 Å². The van der Waals surface area contributed by atoms with Gasteiger partial charge < -0.3 is 10.5 Å². The third kappa shape index (κ3) is 2.79. The summed E-state index contributed by atoms with van der Waals surface area (Å²) in [6.45, 7) is 3.23. The van der Waals surface area contributed by atoms with Crippen molar-refractivity contribution in [3.8, 4) is 0 Å². The van der Waals surface area contributed by atoms with Gasteiger partial charge in [0, 0.05) is 19.7 Å². The second kappa shape index (κ2) is 5.47. The highest BCUT2D eigenvalue weighted by Gasteiger charge is 2.30. The van der Waals surface area contributed by atoms with Crippen LogP contribution in [-0.4, -0.2) is 48.7 Å². The van der Waals surface area contributed by atoms with Crippen LogP contribution in [0.25, 0.3) is 0 Å². The van der Waals surface area contributed by atoms with Crippen molar-refractivity contribution in [2.24, 2.45) is 0 Å². The maximum atomic E-state index is 12.3. The molecule has 2 N–H and O–H groups in total. The standard InChI is InChI=1S/C9H16N4O3S2/c1-2-13(6-7-4-3-5-16-7)18(14,15)9-12-11-8(10)17-9/h7H,2-6H2,1H3,(H2,10,11). The van der Waals surface area contributed by atoms with Crippen LogP contribution in [0.15, 0.2) is 4.34 Å². The molecule has 1 unspecified atom stereocenters. The number of nitrogens with zero attached hydrogens (tertiary/aromatic N) is 3. The number of likely N-dealkylation sites (N-methyl/N-ethyl adjacent to an activating group) is 1. The maximum absolute atomic E-state index is 12.3. The molecular weight excluding hydrogens is 276 g/mol. The van der Waals surface area contributed by atoms with Crippen LogP contribution < -0.4 is 5.73 Å². The molecule has 0 radical (unpaired) electrons. The number of hydrogen-bond donors (Lipinski definition) is 1. The normalized spacial score (nSPS) is 20.7. The summed E-state index contributed by atoms with van der Waals surface area (Å²) in [4.78, 5) is 0. The molecule has 2 rings (SSSR count). The molecule has 0 aromatic carbocycles. The predicted octanol–water partition coefficient (Wildman–Crippen LogP) is 0.310. The van der Waals surface area contributed by atoms with Gasteiger partial charge in [0.2, 0.25) is 9.47 Å². The highest BCUT2D eigenvalue weighted by atomic mass is 32.2. The second-order valence-electron chi connectivity index (χ2n) is 4.00. The van der Waals surface area contributed by atoms with E-state index in [0.29, 0.717) is 19.7 Å². The van der Waals surface area contributed by atoms with Gasteiger partial charge in [0.05, 0.1) is 6.10 Å². The van der Waals surface area contributed by atoms with E-state index in [-0.39, 0.29) is 15.6 Å². The molecule has 1 fully saturated rings. The first-order valence-corrected chi connectivity index (χ1v) is 8.00. The minimum absolute atomic E-state index is 0.0232. The molecule has 1 aromatic rings. The van der Waals surface area contributed by atoms with E-state index in [4.69, 9.17) is 10.5 Å². The number of aromatic nitrogens is 2. The van der Waals surface area contributed by atoms with Crippen molar-refractivity contribution in [3.05, 3.63) is 0 Å². The lowest BCUT2D eigenvalue weighted by atomic mass is 10.2. The third-order valence-corrected chi connectivity index (χ3v) is 5.81. The fourth-order valence-corrected chi connectivity index (χ4v) is 4.25. The molecule has 1 saturated heterocycles. The first-order chi connectivity index (χ1) is 8.54. The molecule has 0 spiro atoms. The van der Waals surface area contributed by atoms with Gasteiger partial charge in [-0.25, -0.2) is 8.42 Å². The van der Waals surface area contributed by atoms with Crippen molar-refractivity contribution in [2.45, 2.75) is 30.2 Å². The molecular formula is C9H16N4O3S2. The molecule has 0 amide bonds. The molecule has 1 aromatic heterocycles. The van der Waals surface area contributed by atoms with E-state index in [1.807, 2.05) is 0 Å². The molecule has 1 atom stereocenters. The Kier molecular flexibility index (Phi) is 4.15. The van der Waals surface area contributed by atoms with Gasteiger partial charge >= 0.3 is 0 Å². The molecule has 0 aliphatic carbocycles. The lowest BCUT2D eigenvalue weighted by Gasteiger charge is -2.21. The Morgan fingerprint density at radius 2 is 2.33 bits per heavy atom. The average molecular weight is 292 g/mol. The molecule has 7 nitrogen and oxygen atoms in total. The van der Waals surface area contributed by atoms with Gasteiger partial charge in [-0.15, -0.1) is 10.2 Å². The van der Waals surface area contributed by atoms with Crippen LogP contribution in [0, 0.1) is 0 Å². The Balaban J connectivity index is 2.15. The summed E-state index contributed by atoms with van der Waals surface area (Å²) in [5.41, 5.74) is 5.42. The highest BCUT2D eigenvalue weighted by molar-refractivity contribution is 7.91. The maximum Gasteiger partial charge on any atom is 0.272 e. The number of nitrogen functional groups attached to an aromatic ring is 1.